The van der Waals surface area contributed by atoms with Gasteiger partial charge in [0, 0.05) is 6.92 Å². The van der Waals surface area contributed by atoms with Gasteiger partial charge < -0.3 is 21.7 Å². The first-order valence-corrected chi connectivity index (χ1v) is 8.34. The van der Waals surface area contributed by atoms with E-state index < -0.39 is 24.0 Å². The summed E-state index contributed by atoms with van der Waals surface area (Å²) in [4.78, 5) is 21.3. The zero-order chi connectivity index (χ0) is 18.1. The second-order valence-electron chi connectivity index (χ2n) is 6.20. The standard InChI is InChI=1S/C16H28N4O4/c1-12-10-19(8-4-2-6-13(17)15(21)22)11-20(12)9-5-3-7-14(18)16(23)24/h10-11,13-14H,2-9,17-18H2,1H3,(H-,21,22,23,24)/p+1/t13-,14-/m1/s1. The number of rotatable bonds is 12. The minimum atomic E-state index is -0.952. The van der Waals surface area contributed by atoms with Crippen LogP contribution < -0.4 is 16.0 Å². The molecular formula is C16H29N4O4+. The molecule has 0 aliphatic heterocycles. The lowest BCUT2D eigenvalue weighted by Crippen LogP contribution is -2.32. The van der Waals surface area contributed by atoms with Crippen molar-refractivity contribution in [2.45, 2.75) is 70.6 Å². The summed E-state index contributed by atoms with van der Waals surface area (Å²) in [5, 5.41) is 17.5. The lowest BCUT2D eigenvalue weighted by molar-refractivity contribution is -0.697. The molecule has 1 rings (SSSR count). The van der Waals surface area contributed by atoms with Crippen LogP contribution in [-0.2, 0) is 22.7 Å². The van der Waals surface area contributed by atoms with Gasteiger partial charge in [0.1, 0.15) is 24.0 Å². The van der Waals surface area contributed by atoms with E-state index in [2.05, 4.69) is 15.3 Å². The lowest BCUT2D eigenvalue weighted by Gasteiger charge is -2.05. The number of carboxylic acid groups (broad SMARTS) is 2. The van der Waals surface area contributed by atoms with Crippen LogP contribution in [0.4, 0.5) is 0 Å². The highest BCUT2D eigenvalue weighted by Gasteiger charge is 2.13. The number of unbranched alkanes of at least 4 members (excludes halogenated alkanes) is 2. The molecule has 0 spiro atoms. The fourth-order valence-corrected chi connectivity index (χ4v) is 2.53. The number of hydrogen-bond donors (Lipinski definition) is 4. The Balaban J connectivity index is 2.29. The van der Waals surface area contributed by atoms with E-state index in [9.17, 15) is 9.59 Å². The van der Waals surface area contributed by atoms with Crippen molar-refractivity contribution in [2.24, 2.45) is 11.5 Å². The number of nitrogens with zero attached hydrogens (tertiary/aromatic N) is 2. The van der Waals surface area contributed by atoms with Crippen molar-refractivity contribution >= 4 is 11.9 Å². The molecule has 1 aromatic heterocycles. The fourth-order valence-electron chi connectivity index (χ4n) is 2.53. The second kappa shape index (κ2) is 10.0. The summed E-state index contributed by atoms with van der Waals surface area (Å²) < 4.78 is 4.22. The maximum Gasteiger partial charge on any atom is 0.320 e. The molecule has 2 atom stereocenters. The molecule has 8 heteroatoms. The Morgan fingerprint density at radius 2 is 1.62 bits per heavy atom. The molecular weight excluding hydrogens is 312 g/mol. The van der Waals surface area contributed by atoms with E-state index in [0.717, 1.165) is 44.5 Å². The van der Waals surface area contributed by atoms with E-state index in [1.165, 1.54) is 0 Å². The summed E-state index contributed by atoms with van der Waals surface area (Å²) in [6, 6.07) is -1.56. The van der Waals surface area contributed by atoms with E-state index in [1.807, 2.05) is 13.3 Å². The molecule has 0 unspecified atom stereocenters. The zero-order valence-electron chi connectivity index (χ0n) is 14.2. The highest BCUT2D eigenvalue weighted by atomic mass is 16.4. The minimum absolute atomic E-state index is 0.486. The molecule has 0 fully saturated rings. The number of aliphatic carboxylic acids is 2. The monoisotopic (exact) mass is 341 g/mol. The predicted octanol–water partition coefficient (Wildman–Crippen LogP) is 0.248. The van der Waals surface area contributed by atoms with E-state index >= 15 is 0 Å². The van der Waals surface area contributed by atoms with Gasteiger partial charge in [0.05, 0.1) is 13.1 Å². The molecule has 1 heterocycles. The van der Waals surface area contributed by atoms with Gasteiger partial charge in [0.15, 0.2) is 0 Å². The number of carbonyl (C=O) groups is 2. The van der Waals surface area contributed by atoms with Gasteiger partial charge in [-0.25, -0.2) is 9.13 Å². The number of hydrogen-bond acceptors (Lipinski definition) is 4. The zero-order valence-corrected chi connectivity index (χ0v) is 14.2. The Morgan fingerprint density at radius 1 is 1.08 bits per heavy atom. The summed E-state index contributed by atoms with van der Waals surface area (Å²) in [6.07, 6.45) is 8.37. The molecule has 0 bridgehead atoms. The van der Waals surface area contributed by atoms with Crippen LogP contribution in [0.3, 0.4) is 0 Å². The summed E-state index contributed by atoms with van der Waals surface area (Å²) in [7, 11) is 0. The van der Waals surface area contributed by atoms with Crippen LogP contribution in [0.25, 0.3) is 0 Å². The SMILES string of the molecule is Cc1c[n+](CCCC[C@@H](N)C(=O)O)cn1CCCC[C@@H](N)C(=O)O. The van der Waals surface area contributed by atoms with Crippen LogP contribution in [0.15, 0.2) is 12.5 Å². The summed E-state index contributed by atoms with van der Waals surface area (Å²) >= 11 is 0. The Hall–Kier alpha value is -1.93. The van der Waals surface area contributed by atoms with Crippen molar-refractivity contribution in [3.05, 3.63) is 18.2 Å². The van der Waals surface area contributed by atoms with Gasteiger partial charge in [-0.1, -0.05) is 0 Å². The van der Waals surface area contributed by atoms with Crippen LogP contribution in [0, 0.1) is 6.92 Å². The fraction of sp³-hybridized carbons (Fsp3) is 0.688. The van der Waals surface area contributed by atoms with Crippen molar-refractivity contribution in [3.8, 4) is 0 Å². The van der Waals surface area contributed by atoms with Crippen molar-refractivity contribution in [1.29, 1.82) is 0 Å². The van der Waals surface area contributed by atoms with Crippen LogP contribution >= 0.6 is 0 Å². The molecule has 0 amide bonds. The largest absolute Gasteiger partial charge is 0.480 e. The van der Waals surface area contributed by atoms with Gasteiger partial charge in [-0.15, -0.1) is 0 Å². The molecule has 0 aromatic carbocycles. The third-order valence-corrected chi connectivity index (χ3v) is 4.07. The Bertz CT molecular complexity index is 544. The number of aryl methyl sites for hydroxylation is 3. The van der Waals surface area contributed by atoms with E-state index in [1.54, 1.807) is 0 Å². The molecule has 0 saturated carbocycles. The number of aromatic nitrogens is 2. The Kier molecular flexibility index (Phi) is 8.42. The van der Waals surface area contributed by atoms with Crippen molar-refractivity contribution in [3.63, 3.8) is 0 Å². The first-order chi connectivity index (χ1) is 11.3. The van der Waals surface area contributed by atoms with Gasteiger partial charge >= 0.3 is 11.9 Å². The number of imidazole rings is 1. The van der Waals surface area contributed by atoms with Gasteiger partial charge in [-0.2, -0.15) is 0 Å². The summed E-state index contributed by atoms with van der Waals surface area (Å²) in [5.41, 5.74) is 12.1. The van der Waals surface area contributed by atoms with Crippen molar-refractivity contribution in [2.75, 3.05) is 0 Å². The topological polar surface area (TPSA) is 135 Å². The Labute approximate surface area is 142 Å². The molecule has 0 saturated heterocycles. The predicted molar refractivity (Wildman–Crippen MR) is 88.3 cm³/mol. The van der Waals surface area contributed by atoms with Crippen molar-refractivity contribution < 1.29 is 24.4 Å². The molecule has 136 valence electrons. The summed E-state index contributed by atoms with van der Waals surface area (Å²) in [6.45, 7) is 3.68. The maximum atomic E-state index is 10.7. The lowest BCUT2D eigenvalue weighted by atomic mass is 10.1. The first-order valence-electron chi connectivity index (χ1n) is 8.34. The third-order valence-electron chi connectivity index (χ3n) is 4.07. The second-order valence-corrected chi connectivity index (χ2v) is 6.20. The molecule has 8 nitrogen and oxygen atoms in total. The highest BCUT2D eigenvalue weighted by Crippen LogP contribution is 2.05. The van der Waals surface area contributed by atoms with E-state index in [4.69, 9.17) is 21.7 Å². The van der Waals surface area contributed by atoms with Crippen LogP contribution in [0.1, 0.15) is 44.2 Å². The third kappa shape index (κ3) is 7.10. The molecule has 6 N–H and O–H groups in total. The Morgan fingerprint density at radius 3 is 2.17 bits per heavy atom. The van der Waals surface area contributed by atoms with Gasteiger partial charge in [0.2, 0.25) is 6.33 Å². The van der Waals surface area contributed by atoms with Gasteiger partial charge in [-0.3, -0.25) is 9.59 Å². The average molecular weight is 341 g/mol. The smallest absolute Gasteiger partial charge is 0.320 e. The van der Waals surface area contributed by atoms with E-state index in [-0.39, 0.29) is 0 Å². The van der Waals surface area contributed by atoms with E-state index in [0.29, 0.717) is 12.8 Å². The molecule has 0 aliphatic carbocycles. The number of carboxylic acids is 2. The van der Waals surface area contributed by atoms with Gasteiger partial charge in [-0.05, 0) is 38.5 Å². The van der Waals surface area contributed by atoms with Crippen molar-refractivity contribution in [1.82, 2.24) is 4.57 Å². The van der Waals surface area contributed by atoms with Crippen LogP contribution in [0.2, 0.25) is 0 Å². The molecule has 24 heavy (non-hydrogen) atoms. The summed E-state index contributed by atoms with van der Waals surface area (Å²) in [5.74, 6) is -1.90. The van der Waals surface area contributed by atoms with Crippen LogP contribution in [0.5, 0.6) is 0 Å². The molecule has 0 radical (unpaired) electrons. The van der Waals surface area contributed by atoms with Gasteiger partial charge in [0.25, 0.3) is 0 Å². The quantitative estimate of drug-likeness (QED) is 0.318. The first kappa shape index (κ1) is 20.1. The maximum absolute atomic E-state index is 10.7. The van der Waals surface area contributed by atoms with Crippen LogP contribution in [-0.4, -0.2) is 38.8 Å². The normalized spacial score (nSPS) is 13.6. The number of nitrogens with two attached hydrogens (primary N) is 2. The highest BCUT2D eigenvalue weighted by molar-refractivity contribution is 5.73. The molecule has 1 aromatic rings. The molecule has 0 aliphatic rings. The minimum Gasteiger partial charge on any atom is -0.480 e. The average Bonchev–Trinajstić information content (AvgIpc) is 2.87.